The summed E-state index contributed by atoms with van der Waals surface area (Å²) in [5.74, 6) is -1.08. The number of hydrogen-bond donors (Lipinski definition) is 9. The highest BCUT2D eigenvalue weighted by molar-refractivity contribution is 8.13. The summed E-state index contributed by atoms with van der Waals surface area (Å²) >= 11 is 1.03. The summed E-state index contributed by atoms with van der Waals surface area (Å²) in [5.41, 5.74) is 4.26. The summed E-state index contributed by atoms with van der Waals surface area (Å²) < 4.78 is 61.8. The Hall–Kier alpha value is -2.44. The fourth-order valence-corrected chi connectivity index (χ4v) is 7.65. The van der Waals surface area contributed by atoms with E-state index < -0.39 is 84.6 Å². The van der Waals surface area contributed by atoms with Crippen LogP contribution in [0.15, 0.2) is 12.7 Å². The Morgan fingerprint density at radius 2 is 1.75 bits per heavy atom. The van der Waals surface area contributed by atoms with Gasteiger partial charge in [0, 0.05) is 37.6 Å². The number of phosphoric ester groups is 3. The van der Waals surface area contributed by atoms with Gasteiger partial charge in [-0.05, 0) is 0 Å². The Morgan fingerprint density at radius 1 is 1.08 bits per heavy atom. The number of amides is 2. The van der Waals surface area contributed by atoms with Crippen LogP contribution in [0.3, 0.4) is 0 Å². The van der Waals surface area contributed by atoms with Gasteiger partial charge < -0.3 is 50.9 Å². The van der Waals surface area contributed by atoms with E-state index in [2.05, 4.69) is 34.4 Å². The van der Waals surface area contributed by atoms with Crippen molar-refractivity contribution in [3.05, 3.63) is 12.7 Å². The van der Waals surface area contributed by atoms with Crippen LogP contribution in [0.25, 0.3) is 11.2 Å². The lowest BCUT2D eigenvalue weighted by molar-refractivity contribution is -0.137. The zero-order chi connectivity index (χ0) is 38.4. The lowest BCUT2D eigenvalue weighted by atomic mass is 9.87. The van der Waals surface area contributed by atoms with E-state index in [0.29, 0.717) is 5.75 Å². The highest BCUT2D eigenvalue weighted by atomic mass is 32.2. The fourth-order valence-electron chi connectivity index (χ4n) is 4.32. The first-order valence-corrected chi connectivity index (χ1v) is 20.0. The number of nitrogens with two attached hydrogens (primary N) is 1. The van der Waals surface area contributed by atoms with Gasteiger partial charge in [0.15, 0.2) is 22.8 Å². The van der Waals surface area contributed by atoms with Crippen LogP contribution in [0.5, 0.6) is 0 Å². The summed E-state index contributed by atoms with van der Waals surface area (Å²) in [6, 6.07) is 0. The second-order valence-corrected chi connectivity index (χ2v) is 16.9. The monoisotopic (exact) mass is 808 g/mol. The first-order valence-electron chi connectivity index (χ1n) is 14.5. The van der Waals surface area contributed by atoms with Crippen LogP contribution in [0, 0.1) is 5.41 Å². The summed E-state index contributed by atoms with van der Waals surface area (Å²) in [6.07, 6.45) is -6.88. The molecule has 24 nitrogen and oxygen atoms in total. The standard InChI is InChI=1S/C23H38N7O17P3S/c1-12(31)51-7-6-25-14(32)4-5-26-21(35)18(34)23(2,3)9-44-50(41,42)47-49(39,40)43-8-13-17(46-48(36,37)38)16(33)22(45-13)30-11-29-15-19(24)27-10-28-20(15)30/h10-11,13,16-18,22,33-34H,4-9H2,1-3H3,(H,25,32)(H,26,35)(H,39,40)(H,41,42)(H2,24,27,28)(H2,36,37,38)/i12-1. The maximum Gasteiger partial charge on any atom is 0.481 e. The highest BCUT2D eigenvalue weighted by Gasteiger charge is 2.50. The topological polar surface area (TPSA) is 364 Å². The Bertz CT molecular complexity index is 1710. The van der Waals surface area contributed by atoms with Gasteiger partial charge in [-0.1, -0.05) is 25.6 Å². The van der Waals surface area contributed by atoms with Gasteiger partial charge in [-0.3, -0.25) is 32.5 Å². The van der Waals surface area contributed by atoms with E-state index in [4.69, 9.17) is 19.5 Å². The summed E-state index contributed by atoms with van der Waals surface area (Å²) in [5, 5.41) is 26.1. The van der Waals surface area contributed by atoms with Gasteiger partial charge in [0.1, 0.15) is 36.3 Å². The normalized spacial score (nSPS) is 22.6. The quantitative estimate of drug-likeness (QED) is 0.0587. The molecule has 2 aromatic heterocycles. The molecule has 10 N–H and O–H groups in total. The number of carbonyl (C=O) groups is 3. The number of ether oxygens (including phenoxy) is 1. The molecule has 1 aliphatic rings. The number of imidazole rings is 1. The maximum absolute atomic E-state index is 12.6. The molecule has 288 valence electrons. The largest absolute Gasteiger partial charge is 0.481 e. The molecule has 7 atom stereocenters. The number of hydrogen-bond acceptors (Lipinski definition) is 18. The SMILES string of the molecule is C[11C](=O)SCCNC(=O)CCNC(=O)C(O)C(C)(C)COP(=O)(O)OP(=O)(O)OCC1OC(n2cnc3c(N)ncnc32)C(O)C1OP(=O)(O)O. The smallest absolute Gasteiger partial charge is 0.386 e. The molecular weight excluding hydrogens is 770 g/mol. The Morgan fingerprint density at radius 3 is 2.39 bits per heavy atom. The Balaban J connectivity index is 1.55. The average molecular weight is 809 g/mol. The average Bonchev–Trinajstić information content (AvgIpc) is 3.57. The van der Waals surface area contributed by atoms with Crippen molar-refractivity contribution in [1.29, 1.82) is 0 Å². The van der Waals surface area contributed by atoms with E-state index in [9.17, 15) is 57.9 Å². The molecule has 0 aromatic carbocycles. The molecule has 0 aliphatic carbocycles. The van der Waals surface area contributed by atoms with Crippen molar-refractivity contribution in [2.75, 3.05) is 37.8 Å². The van der Waals surface area contributed by atoms with Crippen LogP contribution >= 0.6 is 35.2 Å². The van der Waals surface area contributed by atoms with Gasteiger partial charge in [0.2, 0.25) is 11.8 Å². The van der Waals surface area contributed by atoms with E-state index in [1.807, 2.05) is 0 Å². The second kappa shape index (κ2) is 17.6. The molecule has 1 fully saturated rings. The molecule has 0 saturated carbocycles. The third-order valence-corrected chi connectivity index (χ3v) is 10.7. The number of aliphatic hydroxyl groups excluding tert-OH is 2. The molecule has 3 heterocycles. The minimum Gasteiger partial charge on any atom is -0.386 e. The molecule has 51 heavy (non-hydrogen) atoms. The molecule has 0 bridgehead atoms. The minimum atomic E-state index is -5.56. The second-order valence-electron chi connectivity index (χ2n) is 11.4. The van der Waals surface area contributed by atoms with E-state index in [1.54, 1.807) is 0 Å². The van der Waals surface area contributed by atoms with Gasteiger partial charge in [-0.25, -0.2) is 28.6 Å². The molecule has 0 spiro atoms. The number of aromatic nitrogens is 4. The third kappa shape index (κ3) is 12.9. The van der Waals surface area contributed by atoms with Crippen molar-refractivity contribution in [1.82, 2.24) is 30.2 Å². The van der Waals surface area contributed by atoms with E-state index >= 15 is 0 Å². The van der Waals surface area contributed by atoms with E-state index in [1.165, 1.54) is 20.8 Å². The van der Waals surface area contributed by atoms with Crippen molar-refractivity contribution >= 4 is 69.1 Å². The van der Waals surface area contributed by atoms with Crippen LogP contribution in [0.4, 0.5) is 5.82 Å². The summed E-state index contributed by atoms with van der Waals surface area (Å²) in [6.45, 7) is 1.90. The van der Waals surface area contributed by atoms with Crippen LogP contribution in [0.2, 0.25) is 0 Å². The predicted molar refractivity (Wildman–Crippen MR) is 173 cm³/mol. The molecule has 28 heteroatoms. The highest BCUT2D eigenvalue weighted by Crippen LogP contribution is 2.61. The number of nitrogen functional groups attached to an aromatic ring is 1. The number of nitrogens with one attached hydrogen (secondary N) is 2. The third-order valence-electron chi connectivity index (χ3n) is 6.81. The number of anilines is 1. The van der Waals surface area contributed by atoms with E-state index in [-0.39, 0.29) is 41.6 Å². The molecule has 7 unspecified atom stereocenters. The van der Waals surface area contributed by atoms with Gasteiger partial charge >= 0.3 is 23.5 Å². The van der Waals surface area contributed by atoms with Crippen LogP contribution < -0.4 is 16.4 Å². The number of nitrogens with zero attached hydrogens (tertiary/aromatic N) is 4. The first-order chi connectivity index (χ1) is 23.5. The predicted octanol–water partition coefficient (Wildman–Crippen LogP) is -1.32. The van der Waals surface area contributed by atoms with Crippen molar-refractivity contribution in [3.63, 3.8) is 0 Å². The molecule has 3 rings (SSSR count). The Labute approximate surface area is 293 Å². The maximum atomic E-state index is 12.6. The van der Waals surface area contributed by atoms with E-state index in [0.717, 1.165) is 29.0 Å². The zero-order valence-corrected chi connectivity index (χ0v) is 30.6. The van der Waals surface area contributed by atoms with Crippen molar-refractivity contribution in [3.8, 4) is 0 Å². The number of carbonyl (C=O) groups excluding carboxylic acids is 3. The van der Waals surface area contributed by atoms with Gasteiger partial charge in [-0.15, -0.1) is 0 Å². The number of thioether (sulfide) groups is 1. The van der Waals surface area contributed by atoms with Crippen molar-refractivity contribution in [2.45, 2.75) is 57.8 Å². The number of rotatable bonds is 19. The Kier molecular flexibility index (Phi) is 14.8. The lowest BCUT2D eigenvalue weighted by Crippen LogP contribution is -2.46. The number of fused-ring (bicyclic) bond motifs is 1. The van der Waals surface area contributed by atoms with Crippen molar-refractivity contribution < 1.29 is 80.5 Å². The molecule has 1 aliphatic heterocycles. The molecule has 0 radical (unpaired) electrons. The zero-order valence-electron chi connectivity index (χ0n) is 27.1. The van der Waals surface area contributed by atoms with Crippen LogP contribution in [0.1, 0.15) is 33.4 Å². The van der Waals surface area contributed by atoms with Gasteiger partial charge in [-0.2, -0.15) is 4.31 Å². The van der Waals surface area contributed by atoms with Crippen LogP contribution in [-0.2, 0) is 50.7 Å². The fraction of sp³-hybridized carbons (Fsp3) is 0.652. The molecule has 2 amide bonds. The first kappa shape index (κ1) is 43.0. The van der Waals surface area contributed by atoms with Gasteiger partial charge in [0.25, 0.3) is 0 Å². The number of aliphatic hydroxyl groups is 2. The number of phosphoric acid groups is 3. The summed E-state index contributed by atoms with van der Waals surface area (Å²) in [4.78, 5) is 85.9. The van der Waals surface area contributed by atoms with Crippen LogP contribution in [-0.4, -0.2) is 123 Å². The lowest BCUT2D eigenvalue weighted by Gasteiger charge is -2.30. The summed E-state index contributed by atoms with van der Waals surface area (Å²) in [7, 11) is -16.4. The molecule has 2 aromatic rings. The molecular formula is C23H38N7O17P3S. The molecule has 1 saturated heterocycles. The minimum absolute atomic E-state index is 0.0310. The van der Waals surface area contributed by atoms with Crippen molar-refractivity contribution in [2.24, 2.45) is 5.41 Å². The van der Waals surface area contributed by atoms with Gasteiger partial charge in [0.05, 0.1) is 19.5 Å².